The average Bonchev–Trinajstić information content (AvgIpc) is 2.33. The van der Waals surface area contributed by atoms with Crippen LogP contribution in [-0.2, 0) is 0 Å². The Bertz CT molecular complexity index is 414. The fraction of sp³-hybridized carbons (Fsp3) is 0. The van der Waals surface area contributed by atoms with Crippen molar-refractivity contribution in [2.75, 3.05) is 0 Å². The van der Waals surface area contributed by atoms with Crippen molar-refractivity contribution in [1.29, 1.82) is 0 Å². The molecule has 0 N–H and O–H groups in total. The van der Waals surface area contributed by atoms with E-state index in [1.165, 1.54) is 10.6 Å². The number of hydrogen-bond donors (Lipinski definition) is 0. The Morgan fingerprint density at radius 1 is 0.733 bits per heavy atom. The predicted octanol–water partition coefficient (Wildman–Crippen LogP) is 2.67. The first-order valence-electron chi connectivity index (χ1n) is 4.74. The van der Waals surface area contributed by atoms with E-state index in [1.807, 2.05) is 36.4 Å². The van der Waals surface area contributed by atoms with Gasteiger partial charge in [-0.2, -0.15) is 0 Å². The summed E-state index contributed by atoms with van der Waals surface area (Å²) in [5.41, 5.74) is 2.65. The lowest BCUT2D eigenvalue weighted by atomic mass is 10.4. The number of benzene rings is 2. The minimum absolute atomic E-state index is 0.732. The topological polar surface area (TPSA) is 0 Å². The first-order valence-corrected chi connectivity index (χ1v) is 6.08. The monoisotopic (exact) mass is 209 g/mol. The van der Waals surface area contributed by atoms with Gasteiger partial charge in [-0.15, -0.1) is 0 Å². The third kappa shape index (κ3) is 2.27. The van der Waals surface area contributed by atoms with Crippen molar-refractivity contribution in [2.45, 2.75) is 0 Å². The lowest BCUT2D eigenvalue weighted by molar-refractivity contribution is 1.76. The summed E-state index contributed by atoms with van der Waals surface area (Å²) < 4.78 is 0. The Kier molecular flexibility index (Phi) is 3.18. The average molecular weight is 209 g/mol. The molecule has 15 heavy (non-hydrogen) atoms. The zero-order valence-corrected chi connectivity index (χ0v) is 9.12. The van der Waals surface area contributed by atoms with Crippen LogP contribution in [0.25, 0.3) is 0 Å². The molecule has 0 atom stereocenters. The summed E-state index contributed by atoms with van der Waals surface area (Å²) in [6.45, 7) is 0. The molecule has 0 heterocycles. The minimum atomic E-state index is -0.732. The van der Waals surface area contributed by atoms with Crippen molar-refractivity contribution in [3.8, 4) is 5.66 Å². The quantitative estimate of drug-likeness (QED) is 0.527. The van der Waals surface area contributed by atoms with E-state index in [2.05, 4.69) is 29.9 Å². The van der Waals surface area contributed by atoms with E-state index in [1.54, 1.807) is 0 Å². The molecule has 0 unspecified atom stereocenters. The van der Waals surface area contributed by atoms with Gasteiger partial charge in [0.15, 0.2) is 0 Å². The molecule has 1 heteroatoms. The highest BCUT2D eigenvalue weighted by molar-refractivity contribution is 7.77. The molecule has 0 bridgehead atoms. The van der Waals surface area contributed by atoms with E-state index in [0.717, 1.165) is 0 Å². The van der Waals surface area contributed by atoms with E-state index < -0.39 is 7.92 Å². The molecular weight excluding hydrogens is 199 g/mol. The molecule has 0 aliphatic carbocycles. The summed E-state index contributed by atoms with van der Waals surface area (Å²) in [6.07, 6.45) is 7.41. The van der Waals surface area contributed by atoms with Gasteiger partial charge in [-0.3, -0.25) is 0 Å². The molecule has 0 saturated heterocycles. The first kappa shape index (κ1) is 9.97. The second-order valence-electron chi connectivity index (χ2n) is 3.12. The Morgan fingerprint density at radius 3 is 1.47 bits per heavy atom. The van der Waals surface area contributed by atoms with E-state index >= 15 is 0 Å². The summed E-state index contributed by atoms with van der Waals surface area (Å²) in [4.78, 5) is 0. The van der Waals surface area contributed by atoms with Gasteiger partial charge in [0.05, 0.1) is 0 Å². The third-order valence-corrected chi connectivity index (χ3v) is 3.99. The van der Waals surface area contributed by atoms with Crippen LogP contribution in [0.5, 0.6) is 0 Å². The van der Waals surface area contributed by atoms with Crippen LogP contribution < -0.4 is 10.6 Å². The van der Waals surface area contributed by atoms with Gasteiger partial charge in [-0.05, 0) is 17.0 Å². The molecule has 0 saturated carbocycles. The first-order chi connectivity index (χ1) is 7.42. The van der Waals surface area contributed by atoms with Gasteiger partial charge in [-0.1, -0.05) is 66.3 Å². The summed E-state index contributed by atoms with van der Waals surface area (Å²) in [6, 6.07) is 20.2. The van der Waals surface area contributed by atoms with Gasteiger partial charge < -0.3 is 0 Å². The zero-order valence-electron chi connectivity index (χ0n) is 8.22. The Labute approximate surface area is 91.7 Å². The summed E-state index contributed by atoms with van der Waals surface area (Å²) in [5, 5.41) is 2.35. The van der Waals surface area contributed by atoms with Crippen LogP contribution in [0.2, 0.25) is 0 Å². The Morgan fingerprint density at radius 2 is 1.13 bits per heavy atom. The van der Waals surface area contributed by atoms with E-state index in [-0.39, 0.29) is 0 Å². The van der Waals surface area contributed by atoms with Crippen molar-refractivity contribution >= 4 is 18.5 Å². The van der Waals surface area contributed by atoms with Crippen LogP contribution in [0.4, 0.5) is 0 Å². The SMILES string of the molecule is [C]#CP(c1ccccc1)c1ccccc1. The van der Waals surface area contributed by atoms with Crippen LogP contribution in [0.3, 0.4) is 0 Å². The maximum atomic E-state index is 7.41. The zero-order chi connectivity index (χ0) is 10.5. The van der Waals surface area contributed by atoms with E-state index in [9.17, 15) is 0 Å². The lowest BCUT2D eigenvalue weighted by Gasteiger charge is -2.10. The van der Waals surface area contributed by atoms with Crippen molar-refractivity contribution in [1.82, 2.24) is 0 Å². The van der Waals surface area contributed by atoms with Crippen LogP contribution in [0.15, 0.2) is 60.7 Å². The van der Waals surface area contributed by atoms with Gasteiger partial charge >= 0.3 is 0 Å². The predicted molar refractivity (Wildman–Crippen MR) is 66.2 cm³/mol. The Balaban J connectivity index is 2.39. The standard InChI is InChI=1S/C14H10P/c1-2-15(13-9-5-3-6-10-13)14-11-7-4-8-12-14/h3-12H. The molecule has 71 valence electrons. The largest absolute Gasteiger partial charge is 0.0622 e. The summed E-state index contributed by atoms with van der Waals surface area (Å²) in [7, 11) is -0.732. The summed E-state index contributed by atoms with van der Waals surface area (Å²) >= 11 is 0. The van der Waals surface area contributed by atoms with Crippen molar-refractivity contribution in [3.05, 3.63) is 67.1 Å². The fourth-order valence-electron chi connectivity index (χ4n) is 1.43. The molecule has 2 aromatic rings. The van der Waals surface area contributed by atoms with E-state index in [4.69, 9.17) is 6.42 Å². The molecule has 2 rings (SSSR count). The van der Waals surface area contributed by atoms with Gasteiger partial charge in [0.25, 0.3) is 0 Å². The molecule has 0 aromatic heterocycles. The molecule has 0 nitrogen and oxygen atoms in total. The molecule has 0 amide bonds. The fourth-order valence-corrected chi connectivity index (χ4v) is 2.93. The lowest BCUT2D eigenvalue weighted by Crippen LogP contribution is -2.09. The van der Waals surface area contributed by atoms with Crippen LogP contribution >= 0.6 is 7.92 Å². The highest BCUT2D eigenvalue weighted by atomic mass is 31.1. The minimum Gasteiger partial charge on any atom is -0.0622 e. The molecule has 0 fully saturated rings. The number of hydrogen-bond acceptors (Lipinski definition) is 0. The smallest absolute Gasteiger partial charge is 0.0355 e. The second-order valence-corrected chi connectivity index (χ2v) is 5.05. The highest BCUT2D eigenvalue weighted by Gasteiger charge is 2.09. The van der Waals surface area contributed by atoms with Crippen molar-refractivity contribution in [3.63, 3.8) is 0 Å². The maximum Gasteiger partial charge on any atom is 0.0355 e. The van der Waals surface area contributed by atoms with Crippen LogP contribution in [0, 0.1) is 12.1 Å². The Hall–Kier alpha value is -1.57. The molecule has 0 aliphatic rings. The highest BCUT2D eigenvalue weighted by Crippen LogP contribution is 2.30. The summed E-state index contributed by atoms with van der Waals surface area (Å²) in [5.74, 6) is 0. The second kappa shape index (κ2) is 4.78. The molecule has 0 spiro atoms. The van der Waals surface area contributed by atoms with Crippen LogP contribution in [-0.4, -0.2) is 0 Å². The molecular formula is C14H10P. The molecule has 0 aliphatic heterocycles. The van der Waals surface area contributed by atoms with Gasteiger partial charge in [-0.25, -0.2) is 0 Å². The van der Waals surface area contributed by atoms with Crippen molar-refractivity contribution < 1.29 is 0 Å². The van der Waals surface area contributed by atoms with E-state index in [0.29, 0.717) is 0 Å². The normalized spacial score (nSPS) is 9.87. The van der Waals surface area contributed by atoms with Crippen molar-refractivity contribution in [2.24, 2.45) is 0 Å². The van der Waals surface area contributed by atoms with Gasteiger partial charge in [0, 0.05) is 7.92 Å². The van der Waals surface area contributed by atoms with Gasteiger partial charge in [0.1, 0.15) is 0 Å². The molecule has 1 radical (unpaired) electrons. The van der Waals surface area contributed by atoms with Crippen LogP contribution in [0.1, 0.15) is 0 Å². The maximum absolute atomic E-state index is 7.41. The molecule has 2 aromatic carbocycles. The number of rotatable bonds is 2. The third-order valence-electron chi connectivity index (χ3n) is 2.14. The van der Waals surface area contributed by atoms with Gasteiger partial charge in [0.2, 0.25) is 0 Å².